The SMILES string of the molecule is Cc1c(-c2ccc(Oc3nccn4cccc34)cc2)n(C)c(O)nc1=O. The fourth-order valence-corrected chi connectivity index (χ4v) is 2.93. The minimum atomic E-state index is -0.444. The van der Waals surface area contributed by atoms with Gasteiger partial charge < -0.3 is 14.2 Å². The Kier molecular flexibility index (Phi) is 3.69. The lowest BCUT2D eigenvalue weighted by Crippen LogP contribution is -2.16. The first-order valence-corrected chi connectivity index (χ1v) is 8.01. The molecule has 1 N–H and O–H groups in total. The molecule has 7 heteroatoms. The molecule has 0 amide bonds. The normalized spacial score (nSPS) is 11.0. The van der Waals surface area contributed by atoms with Gasteiger partial charge in [0.05, 0.1) is 5.69 Å². The average molecular weight is 348 g/mol. The lowest BCUT2D eigenvalue weighted by molar-refractivity contribution is 0.402. The largest absolute Gasteiger partial charge is 0.480 e. The third kappa shape index (κ3) is 2.59. The average Bonchev–Trinajstić information content (AvgIpc) is 3.11. The molecule has 0 fully saturated rings. The maximum atomic E-state index is 11.9. The number of benzene rings is 1. The highest BCUT2D eigenvalue weighted by molar-refractivity contribution is 5.65. The molecule has 0 radical (unpaired) electrons. The molecule has 4 rings (SSSR count). The van der Waals surface area contributed by atoms with Gasteiger partial charge in [-0.3, -0.25) is 9.36 Å². The van der Waals surface area contributed by atoms with Crippen LogP contribution in [0.1, 0.15) is 5.56 Å². The molecule has 0 saturated carbocycles. The van der Waals surface area contributed by atoms with Crippen LogP contribution in [0.4, 0.5) is 0 Å². The number of nitrogens with zero attached hydrogens (tertiary/aromatic N) is 4. The zero-order chi connectivity index (χ0) is 18.3. The Hall–Kier alpha value is -3.61. The lowest BCUT2D eigenvalue weighted by Gasteiger charge is -2.13. The highest BCUT2D eigenvalue weighted by Gasteiger charge is 2.13. The van der Waals surface area contributed by atoms with Gasteiger partial charge >= 0.3 is 0 Å². The zero-order valence-corrected chi connectivity index (χ0v) is 14.2. The molecule has 7 nitrogen and oxygen atoms in total. The van der Waals surface area contributed by atoms with Crippen LogP contribution in [0.5, 0.6) is 17.6 Å². The minimum absolute atomic E-state index is 0.319. The van der Waals surface area contributed by atoms with Crippen LogP contribution in [0.2, 0.25) is 0 Å². The summed E-state index contributed by atoms with van der Waals surface area (Å²) < 4.78 is 9.29. The van der Waals surface area contributed by atoms with E-state index in [0.717, 1.165) is 11.1 Å². The Morgan fingerprint density at radius 1 is 1.12 bits per heavy atom. The van der Waals surface area contributed by atoms with E-state index in [1.54, 1.807) is 32.3 Å². The fraction of sp³-hybridized carbons (Fsp3) is 0.105. The van der Waals surface area contributed by atoms with Crippen molar-refractivity contribution < 1.29 is 9.84 Å². The molecule has 0 unspecified atom stereocenters. The summed E-state index contributed by atoms with van der Waals surface area (Å²) in [6.07, 6.45) is 5.45. The molecule has 26 heavy (non-hydrogen) atoms. The molecule has 0 aliphatic heterocycles. The first-order valence-electron chi connectivity index (χ1n) is 8.01. The van der Waals surface area contributed by atoms with Gasteiger partial charge in [-0.15, -0.1) is 0 Å². The second kappa shape index (κ2) is 6.03. The van der Waals surface area contributed by atoms with Crippen LogP contribution in [0, 0.1) is 6.92 Å². The van der Waals surface area contributed by atoms with Gasteiger partial charge in [0.25, 0.3) is 11.6 Å². The smallest absolute Gasteiger partial charge is 0.297 e. The summed E-state index contributed by atoms with van der Waals surface area (Å²) in [5, 5.41) is 9.81. The third-order valence-electron chi connectivity index (χ3n) is 4.27. The number of aromatic hydroxyl groups is 1. The molecule has 3 aromatic heterocycles. The Morgan fingerprint density at radius 3 is 2.65 bits per heavy atom. The van der Waals surface area contributed by atoms with Crippen LogP contribution in [-0.4, -0.2) is 24.0 Å². The van der Waals surface area contributed by atoms with Gasteiger partial charge in [-0.2, -0.15) is 4.98 Å². The number of rotatable bonds is 3. The van der Waals surface area contributed by atoms with Crippen molar-refractivity contribution in [1.29, 1.82) is 0 Å². The van der Waals surface area contributed by atoms with Gasteiger partial charge in [-0.25, -0.2) is 4.98 Å². The highest BCUT2D eigenvalue weighted by atomic mass is 16.5. The number of hydrogen-bond donors (Lipinski definition) is 1. The Morgan fingerprint density at radius 2 is 1.88 bits per heavy atom. The summed E-state index contributed by atoms with van der Waals surface area (Å²) in [7, 11) is 1.66. The first kappa shape index (κ1) is 15.9. The van der Waals surface area contributed by atoms with Crippen LogP contribution in [0.25, 0.3) is 16.8 Å². The number of aromatic nitrogens is 4. The topological polar surface area (TPSA) is 81.7 Å². The van der Waals surface area contributed by atoms with E-state index in [9.17, 15) is 9.90 Å². The number of fused-ring (bicyclic) bond motifs is 1. The predicted molar refractivity (Wildman–Crippen MR) is 96.6 cm³/mol. The van der Waals surface area contributed by atoms with E-state index in [1.807, 2.05) is 41.1 Å². The fourth-order valence-electron chi connectivity index (χ4n) is 2.93. The van der Waals surface area contributed by atoms with Crippen molar-refractivity contribution in [3.63, 3.8) is 0 Å². The maximum absolute atomic E-state index is 11.9. The molecule has 130 valence electrons. The molecule has 0 saturated heterocycles. The Balaban J connectivity index is 1.70. The molecule has 1 aromatic carbocycles. The number of hydrogen-bond acceptors (Lipinski definition) is 5. The summed E-state index contributed by atoms with van der Waals surface area (Å²) in [4.78, 5) is 19.7. The second-order valence-corrected chi connectivity index (χ2v) is 5.91. The van der Waals surface area contributed by atoms with E-state index in [-0.39, 0.29) is 6.01 Å². The van der Waals surface area contributed by atoms with Crippen LogP contribution in [0.15, 0.2) is 59.8 Å². The van der Waals surface area contributed by atoms with E-state index in [2.05, 4.69) is 9.97 Å². The maximum Gasteiger partial charge on any atom is 0.297 e. The van der Waals surface area contributed by atoms with E-state index in [4.69, 9.17) is 4.74 Å². The Bertz CT molecular complexity index is 1160. The van der Waals surface area contributed by atoms with Crippen molar-refractivity contribution >= 4 is 5.52 Å². The third-order valence-corrected chi connectivity index (χ3v) is 4.27. The van der Waals surface area contributed by atoms with Crippen molar-refractivity contribution in [1.82, 2.24) is 18.9 Å². The van der Waals surface area contributed by atoms with Crippen molar-refractivity contribution in [2.75, 3.05) is 0 Å². The molecule has 3 heterocycles. The van der Waals surface area contributed by atoms with Gasteiger partial charge in [0.2, 0.25) is 5.88 Å². The van der Waals surface area contributed by atoms with E-state index in [0.29, 0.717) is 22.9 Å². The van der Waals surface area contributed by atoms with Gasteiger partial charge in [-0.05, 0) is 48.9 Å². The lowest BCUT2D eigenvalue weighted by atomic mass is 10.1. The van der Waals surface area contributed by atoms with Crippen LogP contribution < -0.4 is 10.3 Å². The molecule has 4 aromatic rings. The van der Waals surface area contributed by atoms with E-state index < -0.39 is 5.56 Å². The standard InChI is InChI=1S/C19H16N4O3/c1-12-16(22(2)19(25)21-17(12)24)13-5-7-14(8-6-13)26-18-15-4-3-10-23(15)11-9-20-18/h3-11H,1-2H3,(H,21,24,25). The summed E-state index contributed by atoms with van der Waals surface area (Å²) in [5.41, 5.74) is 2.29. The predicted octanol–water partition coefficient (Wildman–Crippen LogP) is 2.90. The monoisotopic (exact) mass is 348 g/mol. The molecular weight excluding hydrogens is 332 g/mol. The van der Waals surface area contributed by atoms with Crippen molar-refractivity contribution in [3.8, 4) is 28.9 Å². The van der Waals surface area contributed by atoms with Gasteiger partial charge in [0.1, 0.15) is 11.3 Å². The van der Waals surface area contributed by atoms with Crippen molar-refractivity contribution in [3.05, 3.63) is 70.9 Å². The van der Waals surface area contributed by atoms with Crippen molar-refractivity contribution in [2.24, 2.45) is 7.05 Å². The number of ether oxygens (including phenoxy) is 1. The van der Waals surface area contributed by atoms with Crippen LogP contribution in [-0.2, 0) is 7.05 Å². The van der Waals surface area contributed by atoms with Crippen molar-refractivity contribution in [2.45, 2.75) is 6.92 Å². The second-order valence-electron chi connectivity index (χ2n) is 5.91. The van der Waals surface area contributed by atoms with Crippen LogP contribution in [0.3, 0.4) is 0 Å². The summed E-state index contributed by atoms with van der Waals surface area (Å²) >= 11 is 0. The summed E-state index contributed by atoms with van der Waals surface area (Å²) in [6, 6.07) is 10.8. The zero-order valence-electron chi connectivity index (χ0n) is 14.2. The van der Waals surface area contributed by atoms with Gasteiger partial charge in [-0.1, -0.05) is 0 Å². The van der Waals surface area contributed by atoms with Gasteiger partial charge in [0.15, 0.2) is 0 Å². The molecule has 0 aliphatic rings. The summed E-state index contributed by atoms with van der Waals surface area (Å²) in [5.74, 6) is 1.13. The molecule has 0 spiro atoms. The van der Waals surface area contributed by atoms with E-state index >= 15 is 0 Å². The molecule has 0 bridgehead atoms. The molecule has 0 aliphatic carbocycles. The molecular formula is C19H16N4O3. The quantitative estimate of drug-likeness (QED) is 0.616. The minimum Gasteiger partial charge on any atom is -0.480 e. The molecule has 0 atom stereocenters. The van der Waals surface area contributed by atoms with Crippen LogP contribution >= 0.6 is 0 Å². The summed E-state index contributed by atoms with van der Waals surface area (Å²) in [6.45, 7) is 1.69. The van der Waals surface area contributed by atoms with Gasteiger partial charge in [0, 0.05) is 31.2 Å². The first-order chi connectivity index (χ1) is 12.5. The van der Waals surface area contributed by atoms with E-state index in [1.165, 1.54) is 4.57 Å². The Labute approximate surface area is 148 Å². The highest BCUT2D eigenvalue weighted by Crippen LogP contribution is 2.28.